The number of fused-ring (bicyclic) bond motifs is 2. The summed E-state index contributed by atoms with van der Waals surface area (Å²) in [5.74, 6) is 0.903. The first-order valence-electron chi connectivity index (χ1n) is 8.92. The third-order valence-corrected chi connectivity index (χ3v) is 5.74. The number of aromatic nitrogens is 2. The average Bonchev–Trinajstić information content (AvgIpc) is 3.09. The Morgan fingerprint density at radius 2 is 2.33 bits per heavy atom. The average molecular weight is 333 g/mol. The quantitative estimate of drug-likeness (QED) is 0.810. The molecular formula is C17H27N5O2. The Hall–Kier alpha value is -1.28. The van der Waals surface area contributed by atoms with Crippen molar-refractivity contribution < 1.29 is 9.84 Å². The molecule has 3 aliphatic heterocycles. The highest BCUT2D eigenvalue weighted by Gasteiger charge is 2.46. The molecule has 3 aliphatic rings. The highest BCUT2D eigenvalue weighted by Crippen LogP contribution is 2.32. The Morgan fingerprint density at radius 3 is 3.21 bits per heavy atom. The number of hydrogen-bond acceptors (Lipinski definition) is 7. The zero-order chi connectivity index (χ0) is 16.6. The van der Waals surface area contributed by atoms with Crippen LogP contribution in [0.25, 0.3) is 0 Å². The third-order valence-electron chi connectivity index (χ3n) is 5.74. The predicted molar refractivity (Wildman–Crippen MR) is 90.9 cm³/mol. The van der Waals surface area contributed by atoms with Crippen molar-refractivity contribution >= 4 is 5.82 Å². The lowest BCUT2D eigenvalue weighted by atomic mass is 9.95. The van der Waals surface area contributed by atoms with Crippen LogP contribution in [0, 0.1) is 0 Å². The van der Waals surface area contributed by atoms with E-state index >= 15 is 0 Å². The van der Waals surface area contributed by atoms with E-state index in [1.165, 1.54) is 12.0 Å². The van der Waals surface area contributed by atoms with Gasteiger partial charge in [0.15, 0.2) is 0 Å². The summed E-state index contributed by atoms with van der Waals surface area (Å²) in [6.45, 7) is 5.05. The summed E-state index contributed by atoms with van der Waals surface area (Å²) in [5.41, 5.74) is 1.98. The Bertz CT molecular complexity index is 598. The summed E-state index contributed by atoms with van der Waals surface area (Å²) in [5, 5.41) is 13.7. The van der Waals surface area contributed by atoms with Crippen LogP contribution in [0.2, 0.25) is 0 Å². The van der Waals surface area contributed by atoms with Crippen molar-refractivity contribution in [2.45, 2.75) is 37.4 Å². The van der Waals surface area contributed by atoms with Crippen LogP contribution in [0.4, 0.5) is 5.82 Å². The van der Waals surface area contributed by atoms with Crippen LogP contribution < -0.4 is 5.32 Å². The maximum atomic E-state index is 10.1. The number of anilines is 1. The van der Waals surface area contributed by atoms with Gasteiger partial charge >= 0.3 is 0 Å². The summed E-state index contributed by atoms with van der Waals surface area (Å²) in [4.78, 5) is 13.6. The molecule has 0 unspecified atom stereocenters. The van der Waals surface area contributed by atoms with Crippen LogP contribution in [0.5, 0.6) is 0 Å². The van der Waals surface area contributed by atoms with Gasteiger partial charge in [-0.25, -0.2) is 9.97 Å². The highest BCUT2D eigenvalue weighted by molar-refractivity contribution is 5.47. The molecule has 7 nitrogen and oxygen atoms in total. The van der Waals surface area contributed by atoms with Gasteiger partial charge in [-0.15, -0.1) is 0 Å². The van der Waals surface area contributed by atoms with Crippen molar-refractivity contribution in [1.29, 1.82) is 0 Å². The molecule has 0 radical (unpaired) electrons. The van der Waals surface area contributed by atoms with E-state index in [0.29, 0.717) is 19.2 Å². The largest absolute Gasteiger partial charge is 0.394 e. The number of nitrogens with zero attached hydrogens (tertiary/aromatic N) is 4. The van der Waals surface area contributed by atoms with Crippen LogP contribution in [0.3, 0.4) is 0 Å². The standard InChI is InChI=1S/C17H27N5O2/c1-21-6-4-15-14(7-21)16(20-12-19-15)18-9-17(10-23)11-24-8-13-3-2-5-22(13)17/h12-13,23H,2-11H2,1H3,(H,18,19,20)/t13-,17+/m0/s1. The molecule has 0 bridgehead atoms. The number of morpholine rings is 1. The summed E-state index contributed by atoms with van der Waals surface area (Å²) in [6.07, 6.45) is 4.96. The van der Waals surface area contributed by atoms with Crippen LogP contribution in [0.1, 0.15) is 24.1 Å². The maximum absolute atomic E-state index is 10.1. The van der Waals surface area contributed by atoms with E-state index < -0.39 is 0 Å². The van der Waals surface area contributed by atoms with E-state index in [9.17, 15) is 5.11 Å². The molecular weight excluding hydrogens is 306 g/mol. The number of aliphatic hydroxyl groups excluding tert-OH is 1. The summed E-state index contributed by atoms with van der Waals surface area (Å²) < 4.78 is 5.83. The summed E-state index contributed by atoms with van der Waals surface area (Å²) >= 11 is 0. The molecule has 132 valence electrons. The van der Waals surface area contributed by atoms with E-state index in [1.807, 2.05) is 0 Å². The number of hydrogen-bond donors (Lipinski definition) is 2. The first-order valence-corrected chi connectivity index (χ1v) is 8.92. The third kappa shape index (κ3) is 2.79. The summed E-state index contributed by atoms with van der Waals surface area (Å²) in [7, 11) is 2.12. The molecule has 0 amide bonds. The lowest BCUT2D eigenvalue weighted by molar-refractivity contribution is -0.101. The fraction of sp³-hybridized carbons (Fsp3) is 0.765. The molecule has 4 rings (SSSR count). The molecule has 1 aromatic heterocycles. The zero-order valence-corrected chi connectivity index (χ0v) is 14.4. The topological polar surface area (TPSA) is 73.8 Å². The van der Waals surface area contributed by atoms with Crippen LogP contribution in [-0.2, 0) is 17.7 Å². The number of likely N-dealkylation sites (N-methyl/N-ethyl adjacent to an activating group) is 1. The number of aliphatic hydroxyl groups is 1. The van der Waals surface area contributed by atoms with E-state index in [4.69, 9.17) is 4.74 Å². The number of ether oxygens (including phenoxy) is 1. The highest BCUT2D eigenvalue weighted by atomic mass is 16.5. The first-order chi connectivity index (χ1) is 11.7. The molecule has 0 aliphatic carbocycles. The Labute approximate surface area is 143 Å². The second-order valence-corrected chi connectivity index (χ2v) is 7.38. The van der Waals surface area contributed by atoms with Crippen molar-refractivity contribution in [1.82, 2.24) is 19.8 Å². The van der Waals surface area contributed by atoms with Gasteiger partial charge in [-0.1, -0.05) is 0 Å². The van der Waals surface area contributed by atoms with E-state index in [2.05, 4.69) is 32.1 Å². The molecule has 24 heavy (non-hydrogen) atoms. The lowest BCUT2D eigenvalue weighted by Gasteiger charge is -2.47. The van der Waals surface area contributed by atoms with E-state index in [0.717, 1.165) is 50.6 Å². The second kappa shape index (κ2) is 6.55. The van der Waals surface area contributed by atoms with Gasteiger partial charge in [-0.05, 0) is 26.4 Å². The Kier molecular flexibility index (Phi) is 4.42. The molecule has 4 heterocycles. The number of rotatable bonds is 4. The van der Waals surface area contributed by atoms with Gasteiger partial charge in [0.25, 0.3) is 0 Å². The predicted octanol–water partition coefficient (Wildman–Crippen LogP) is 0.102. The smallest absolute Gasteiger partial charge is 0.134 e. The minimum atomic E-state index is -0.349. The van der Waals surface area contributed by atoms with Crippen molar-refractivity contribution in [3.63, 3.8) is 0 Å². The van der Waals surface area contributed by atoms with Gasteiger partial charge < -0.3 is 20.1 Å². The zero-order valence-electron chi connectivity index (χ0n) is 14.4. The van der Waals surface area contributed by atoms with E-state index in [-0.39, 0.29) is 12.1 Å². The molecule has 0 saturated carbocycles. The lowest BCUT2D eigenvalue weighted by Crippen LogP contribution is -2.64. The van der Waals surface area contributed by atoms with Crippen molar-refractivity contribution in [2.24, 2.45) is 0 Å². The van der Waals surface area contributed by atoms with Gasteiger partial charge in [0.05, 0.1) is 31.1 Å². The van der Waals surface area contributed by atoms with Gasteiger partial charge in [0.2, 0.25) is 0 Å². The second-order valence-electron chi connectivity index (χ2n) is 7.38. The molecule has 7 heteroatoms. The molecule has 2 atom stereocenters. The van der Waals surface area contributed by atoms with Gasteiger partial charge in [0, 0.05) is 37.7 Å². The van der Waals surface area contributed by atoms with Gasteiger partial charge in [-0.2, -0.15) is 0 Å². The molecule has 1 aromatic rings. The van der Waals surface area contributed by atoms with Gasteiger partial charge in [0.1, 0.15) is 12.1 Å². The minimum Gasteiger partial charge on any atom is -0.394 e. The van der Waals surface area contributed by atoms with Gasteiger partial charge in [-0.3, -0.25) is 4.90 Å². The molecule has 2 N–H and O–H groups in total. The van der Waals surface area contributed by atoms with Crippen molar-refractivity contribution in [3.8, 4) is 0 Å². The minimum absolute atomic E-state index is 0.101. The van der Waals surface area contributed by atoms with Crippen molar-refractivity contribution in [3.05, 3.63) is 17.6 Å². The van der Waals surface area contributed by atoms with Crippen LogP contribution in [-0.4, -0.2) is 83.0 Å². The molecule has 2 saturated heterocycles. The fourth-order valence-corrected chi connectivity index (χ4v) is 4.32. The SMILES string of the molecule is CN1CCc2ncnc(NC[C@@]3(CO)COC[C@@H]4CCCN43)c2C1. The first kappa shape index (κ1) is 16.2. The molecule has 0 spiro atoms. The monoisotopic (exact) mass is 333 g/mol. The molecule has 0 aromatic carbocycles. The van der Waals surface area contributed by atoms with E-state index in [1.54, 1.807) is 6.33 Å². The normalized spacial score (nSPS) is 30.8. The Balaban J connectivity index is 1.53. The number of nitrogens with one attached hydrogen (secondary N) is 1. The summed E-state index contributed by atoms with van der Waals surface area (Å²) in [6, 6.07) is 0.443. The van der Waals surface area contributed by atoms with Crippen LogP contribution >= 0.6 is 0 Å². The maximum Gasteiger partial charge on any atom is 0.134 e. The van der Waals surface area contributed by atoms with Crippen molar-refractivity contribution in [2.75, 3.05) is 51.8 Å². The Morgan fingerprint density at radius 1 is 1.42 bits per heavy atom. The van der Waals surface area contributed by atoms with Crippen LogP contribution in [0.15, 0.2) is 6.33 Å². The molecule has 2 fully saturated rings. The fourth-order valence-electron chi connectivity index (χ4n) is 4.32.